The van der Waals surface area contributed by atoms with Gasteiger partial charge in [0, 0.05) is 18.6 Å². The van der Waals surface area contributed by atoms with Crippen molar-refractivity contribution in [2.45, 2.75) is 45.3 Å². The average Bonchev–Trinajstić information content (AvgIpc) is 2.45. The maximum atomic E-state index is 10.7. The molecule has 1 aromatic rings. The van der Waals surface area contributed by atoms with Gasteiger partial charge in [-0.05, 0) is 19.3 Å². The van der Waals surface area contributed by atoms with Crippen LogP contribution in [0, 0.1) is 5.41 Å². The van der Waals surface area contributed by atoms with E-state index >= 15 is 0 Å². The smallest absolute Gasteiger partial charge is 0.356 e. The summed E-state index contributed by atoms with van der Waals surface area (Å²) in [5, 5.41) is 12.2. The molecule has 0 saturated heterocycles. The number of anilines is 1. The number of rotatable bonds is 6. The number of hydrogen-bond donors (Lipinski definition) is 2. The first-order chi connectivity index (χ1) is 9.57. The fraction of sp³-hybridized carbons (Fsp3) is 0.643. The van der Waals surface area contributed by atoms with Crippen molar-refractivity contribution in [3.05, 3.63) is 18.1 Å². The van der Waals surface area contributed by atoms with E-state index in [0.717, 1.165) is 19.3 Å². The lowest BCUT2D eigenvalue weighted by molar-refractivity contribution is -0.106. The van der Waals surface area contributed by atoms with Crippen molar-refractivity contribution in [2.75, 3.05) is 12.4 Å². The Labute approximate surface area is 118 Å². The van der Waals surface area contributed by atoms with Gasteiger partial charge in [0.2, 0.25) is 0 Å². The number of carbonyl (C=O) groups is 1. The fourth-order valence-electron chi connectivity index (χ4n) is 3.17. The zero-order chi connectivity index (χ0) is 14.8. The van der Waals surface area contributed by atoms with Gasteiger partial charge in [0.15, 0.2) is 5.69 Å². The summed E-state index contributed by atoms with van der Waals surface area (Å²) < 4.78 is 5.55. The Hall–Kier alpha value is -1.69. The maximum Gasteiger partial charge on any atom is 0.356 e. The molecule has 0 aliphatic heterocycles. The molecule has 1 heterocycles. The Morgan fingerprint density at radius 3 is 2.60 bits per heavy atom. The monoisotopic (exact) mass is 279 g/mol. The number of nitrogens with one attached hydrogen (secondary N) is 1. The quantitative estimate of drug-likeness (QED) is 0.830. The van der Waals surface area contributed by atoms with Crippen LogP contribution in [0.3, 0.4) is 0 Å². The summed E-state index contributed by atoms with van der Waals surface area (Å²) in [5.41, 5.74) is 0.0678. The van der Waals surface area contributed by atoms with Crippen LogP contribution >= 0.6 is 0 Å². The van der Waals surface area contributed by atoms with Gasteiger partial charge in [0.1, 0.15) is 5.82 Å². The molecule has 1 aromatic heterocycles. The van der Waals surface area contributed by atoms with E-state index in [1.807, 2.05) is 0 Å². The van der Waals surface area contributed by atoms with Crippen molar-refractivity contribution in [1.82, 2.24) is 9.97 Å². The number of ether oxygens (including phenoxy) is 1. The maximum absolute atomic E-state index is 10.7. The molecule has 2 unspecified atom stereocenters. The Kier molecular flexibility index (Phi) is 4.23. The molecule has 1 aliphatic carbocycles. The minimum absolute atomic E-state index is 0.0452. The van der Waals surface area contributed by atoms with Gasteiger partial charge in [-0.25, -0.2) is 14.8 Å². The van der Waals surface area contributed by atoms with E-state index in [0.29, 0.717) is 5.82 Å². The molecular weight excluding hydrogens is 258 g/mol. The molecule has 0 radical (unpaired) electrons. The first-order valence-electron chi connectivity index (χ1n) is 6.92. The van der Waals surface area contributed by atoms with Crippen molar-refractivity contribution < 1.29 is 14.6 Å². The normalized spacial score (nSPS) is 23.9. The molecule has 0 spiro atoms. The molecule has 2 rings (SSSR count). The third-order valence-corrected chi connectivity index (χ3v) is 4.58. The van der Waals surface area contributed by atoms with Gasteiger partial charge in [-0.2, -0.15) is 0 Å². The third-order valence-electron chi connectivity index (χ3n) is 4.58. The molecular formula is C14H21N3O3. The van der Waals surface area contributed by atoms with Gasteiger partial charge in [-0.15, -0.1) is 0 Å². The van der Waals surface area contributed by atoms with E-state index in [-0.39, 0.29) is 23.3 Å². The number of aromatic carboxylic acids is 1. The molecule has 2 N–H and O–H groups in total. The van der Waals surface area contributed by atoms with E-state index in [9.17, 15) is 4.79 Å². The van der Waals surface area contributed by atoms with Crippen LogP contribution in [0.5, 0.6) is 0 Å². The van der Waals surface area contributed by atoms with E-state index in [2.05, 4.69) is 29.1 Å². The molecule has 6 nitrogen and oxygen atoms in total. The van der Waals surface area contributed by atoms with Crippen molar-refractivity contribution in [3.63, 3.8) is 0 Å². The van der Waals surface area contributed by atoms with Gasteiger partial charge in [-0.3, -0.25) is 0 Å². The second-order valence-electron chi connectivity index (χ2n) is 5.19. The second-order valence-corrected chi connectivity index (χ2v) is 5.19. The van der Waals surface area contributed by atoms with Crippen LogP contribution in [-0.2, 0) is 4.74 Å². The Morgan fingerprint density at radius 1 is 1.45 bits per heavy atom. The van der Waals surface area contributed by atoms with Crippen LogP contribution in [0.4, 0.5) is 5.82 Å². The SMILES string of the molecule is CCC1(CC)C(Nc2cnc(C(=O)O)cn2)CC1OC. The van der Waals surface area contributed by atoms with Gasteiger partial charge >= 0.3 is 5.97 Å². The first kappa shape index (κ1) is 14.7. The first-order valence-corrected chi connectivity index (χ1v) is 6.92. The standard InChI is InChI=1S/C14H21N3O3/c1-4-14(5-2)10(6-11(14)20-3)17-12-8-15-9(7-16-12)13(18)19/h7-8,10-11H,4-6H2,1-3H3,(H,16,17)(H,18,19). The average molecular weight is 279 g/mol. The third kappa shape index (κ3) is 2.35. The summed E-state index contributed by atoms with van der Waals surface area (Å²) in [6, 6.07) is 0.285. The lowest BCUT2D eigenvalue weighted by atomic mass is 9.58. The predicted molar refractivity (Wildman–Crippen MR) is 74.8 cm³/mol. The summed E-state index contributed by atoms with van der Waals surface area (Å²) in [6.07, 6.45) is 6.00. The van der Waals surface area contributed by atoms with E-state index in [1.165, 1.54) is 12.4 Å². The number of carboxylic acids is 1. The summed E-state index contributed by atoms with van der Waals surface area (Å²) >= 11 is 0. The number of nitrogens with zero attached hydrogens (tertiary/aromatic N) is 2. The molecule has 0 aromatic carbocycles. The number of aromatic nitrogens is 2. The van der Waals surface area contributed by atoms with Crippen molar-refractivity contribution >= 4 is 11.8 Å². The highest BCUT2D eigenvalue weighted by molar-refractivity contribution is 5.84. The molecule has 1 fully saturated rings. The number of hydrogen-bond acceptors (Lipinski definition) is 5. The lowest BCUT2D eigenvalue weighted by Gasteiger charge is -2.55. The van der Waals surface area contributed by atoms with Gasteiger partial charge < -0.3 is 15.2 Å². The molecule has 0 amide bonds. The van der Waals surface area contributed by atoms with Crippen LogP contribution in [0.25, 0.3) is 0 Å². The Morgan fingerprint density at radius 2 is 2.15 bits per heavy atom. The van der Waals surface area contributed by atoms with Crippen LogP contribution in [-0.4, -0.2) is 40.3 Å². The Balaban J connectivity index is 2.08. The zero-order valence-electron chi connectivity index (χ0n) is 12.1. The van der Waals surface area contributed by atoms with Gasteiger partial charge in [0.05, 0.1) is 18.5 Å². The summed E-state index contributed by atoms with van der Waals surface area (Å²) in [5.74, 6) is -0.454. The van der Waals surface area contributed by atoms with Crippen molar-refractivity contribution in [2.24, 2.45) is 5.41 Å². The minimum atomic E-state index is -1.07. The van der Waals surface area contributed by atoms with E-state index in [4.69, 9.17) is 9.84 Å². The molecule has 6 heteroatoms. The molecule has 110 valence electrons. The molecule has 1 aliphatic rings. The van der Waals surface area contributed by atoms with Gasteiger partial charge in [-0.1, -0.05) is 13.8 Å². The number of methoxy groups -OCH3 is 1. The number of carboxylic acid groups (broad SMARTS) is 1. The summed E-state index contributed by atoms with van der Waals surface area (Å²) in [7, 11) is 1.75. The topological polar surface area (TPSA) is 84.3 Å². The Bertz CT molecular complexity index is 471. The molecule has 1 saturated carbocycles. The van der Waals surface area contributed by atoms with E-state index < -0.39 is 5.97 Å². The van der Waals surface area contributed by atoms with Crippen molar-refractivity contribution in [1.29, 1.82) is 0 Å². The molecule has 20 heavy (non-hydrogen) atoms. The largest absolute Gasteiger partial charge is 0.476 e. The van der Waals surface area contributed by atoms with Crippen molar-refractivity contribution in [3.8, 4) is 0 Å². The predicted octanol–water partition coefficient (Wildman–Crippen LogP) is 2.18. The highest BCUT2D eigenvalue weighted by atomic mass is 16.5. The van der Waals surface area contributed by atoms with E-state index in [1.54, 1.807) is 7.11 Å². The lowest BCUT2D eigenvalue weighted by Crippen LogP contribution is -2.60. The van der Waals surface area contributed by atoms with Crippen LogP contribution in [0.15, 0.2) is 12.4 Å². The van der Waals surface area contributed by atoms with Crippen LogP contribution in [0.1, 0.15) is 43.6 Å². The molecule has 2 atom stereocenters. The highest BCUT2D eigenvalue weighted by Gasteiger charge is 2.53. The minimum Gasteiger partial charge on any atom is -0.476 e. The highest BCUT2D eigenvalue weighted by Crippen LogP contribution is 2.49. The second kappa shape index (κ2) is 5.75. The summed E-state index contributed by atoms with van der Waals surface area (Å²) in [4.78, 5) is 18.7. The zero-order valence-corrected chi connectivity index (χ0v) is 12.1. The van der Waals surface area contributed by atoms with Crippen LogP contribution in [0.2, 0.25) is 0 Å². The van der Waals surface area contributed by atoms with Crippen LogP contribution < -0.4 is 5.32 Å². The fourth-order valence-corrected chi connectivity index (χ4v) is 3.17. The molecule has 0 bridgehead atoms. The summed E-state index contributed by atoms with van der Waals surface area (Å²) in [6.45, 7) is 4.34. The van der Waals surface area contributed by atoms with Gasteiger partial charge in [0.25, 0.3) is 0 Å².